The van der Waals surface area contributed by atoms with Crippen molar-refractivity contribution in [2.24, 2.45) is 0 Å². The predicted octanol–water partition coefficient (Wildman–Crippen LogP) is 1.76. The van der Waals surface area contributed by atoms with Crippen LogP contribution < -0.4 is 4.74 Å². The summed E-state index contributed by atoms with van der Waals surface area (Å²) in [6.45, 7) is 3.23. The highest BCUT2D eigenvalue weighted by molar-refractivity contribution is 5.27. The molecule has 1 aromatic carbocycles. The van der Waals surface area contributed by atoms with E-state index in [2.05, 4.69) is 0 Å². The van der Waals surface area contributed by atoms with Gasteiger partial charge < -0.3 is 14.9 Å². The second-order valence-corrected chi connectivity index (χ2v) is 4.56. The molecule has 0 spiro atoms. The number of hydrogen-bond acceptors (Lipinski definition) is 3. The third-order valence-corrected chi connectivity index (χ3v) is 2.68. The van der Waals surface area contributed by atoms with Crippen molar-refractivity contribution in [3.05, 3.63) is 29.8 Å². The quantitative estimate of drug-likeness (QED) is 0.801. The lowest BCUT2D eigenvalue weighted by Gasteiger charge is -2.24. The van der Waals surface area contributed by atoms with Crippen LogP contribution >= 0.6 is 0 Å². The fourth-order valence-corrected chi connectivity index (χ4v) is 1.45. The molecule has 3 heteroatoms. The maximum absolute atomic E-state index is 9.67. The normalized spacial score (nSPS) is 13.6. The van der Waals surface area contributed by atoms with Crippen molar-refractivity contribution in [1.29, 1.82) is 0 Å². The molecule has 0 aliphatic rings. The van der Waals surface area contributed by atoms with Gasteiger partial charge in [-0.25, -0.2) is 0 Å². The smallest absolute Gasteiger partial charge is 0.118 e. The molecule has 0 aliphatic heterocycles. The van der Waals surface area contributed by atoms with Crippen molar-refractivity contribution in [2.75, 3.05) is 7.11 Å². The van der Waals surface area contributed by atoms with E-state index in [1.807, 2.05) is 24.3 Å². The third kappa shape index (κ3) is 3.83. The summed E-state index contributed by atoms with van der Waals surface area (Å²) in [6.07, 6.45) is 0.597. The summed E-state index contributed by atoms with van der Waals surface area (Å²) in [5.41, 5.74) is 0.0935. The Labute approximate surface area is 96.7 Å². The topological polar surface area (TPSA) is 49.7 Å². The van der Waals surface area contributed by atoms with Crippen LogP contribution in [0.4, 0.5) is 0 Å². The highest BCUT2D eigenvalue weighted by Crippen LogP contribution is 2.17. The number of aliphatic hydroxyl groups is 2. The monoisotopic (exact) mass is 224 g/mol. The van der Waals surface area contributed by atoms with Gasteiger partial charge in [-0.2, -0.15) is 0 Å². The summed E-state index contributed by atoms with van der Waals surface area (Å²) in [5.74, 6) is 0.826. The van der Waals surface area contributed by atoms with Gasteiger partial charge >= 0.3 is 0 Å². The molecule has 0 amide bonds. The van der Waals surface area contributed by atoms with Crippen LogP contribution in [0.2, 0.25) is 0 Å². The second-order valence-electron chi connectivity index (χ2n) is 4.56. The van der Waals surface area contributed by atoms with E-state index in [1.54, 1.807) is 21.0 Å². The van der Waals surface area contributed by atoms with Gasteiger partial charge in [0.15, 0.2) is 0 Å². The number of aryl methyl sites for hydroxylation is 1. The van der Waals surface area contributed by atoms with E-state index in [1.165, 1.54) is 0 Å². The Balaban J connectivity index is 2.48. The molecule has 90 valence electrons. The maximum Gasteiger partial charge on any atom is 0.118 e. The van der Waals surface area contributed by atoms with Gasteiger partial charge in [0, 0.05) is 0 Å². The van der Waals surface area contributed by atoms with Gasteiger partial charge in [0.05, 0.1) is 18.8 Å². The lowest BCUT2D eigenvalue weighted by molar-refractivity contribution is -0.0509. The zero-order valence-corrected chi connectivity index (χ0v) is 10.1. The number of ether oxygens (including phenoxy) is 1. The molecular weight excluding hydrogens is 204 g/mol. The van der Waals surface area contributed by atoms with Crippen LogP contribution in [0.5, 0.6) is 5.75 Å². The van der Waals surface area contributed by atoms with Crippen LogP contribution in [0.1, 0.15) is 25.8 Å². The first-order chi connectivity index (χ1) is 7.43. The fraction of sp³-hybridized carbons (Fsp3) is 0.538. The van der Waals surface area contributed by atoms with Crippen molar-refractivity contribution in [3.63, 3.8) is 0 Å². The van der Waals surface area contributed by atoms with E-state index in [0.717, 1.165) is 17.7 Å². The Bertz CT molecular complexity index is 311. The van der Waals surface area contributed by atoms with Crippen molar-refractivity contribution in [2.45, 2.75) is 38.4 Å². The SMILES string of the molecule is COc1ccc(CCC(O)C(C)(C)O)cc1. The Morgan fingerprint density at radius 1 is 1.25 bits per heavy atom. The Morgan fingerprint density at radius 2 is 1.81 bits per heavy atom. The van der Waals surface area contributed by atoms with Crippen molar-refractivity contribution < 1.29 is 14.9 Å². The molecule has 0 fully saturated rings. The predicted molar refractivity (Wildman–Crippen MR) is 63.6 cm³/mol. The minimum atomic E-state index is -1.04. The van der Waals surface area contributed by atoms with Crippen molar-refractivity contribution in [1.82, 2.24) is 0 Å². The van der Waals surface area contributed by atoms with Gasteiger partial charge in [-0.1, -0.05) is 12.1 Å². The van der Waals surface area contributed by atoms with E-state index in [4.69, 9.17) is 4.74 Å². The molecule has 0 bridgehead atoms. The zero-order chi connectivity index (χ0) is 12.2. The van der Waals surface area contributed by atoms with E-state index in [0.29, 0.717) is 6.42 Å². The third-order valence-electron chi connectivity index (χ3n) is 2.68. The molecule has 0 saturated carbocycles. The molecule has 0 aromatic heterocycles. The number of benzene rings is 1. The van der Waals surface area contributed by atoms with Crippen molar-refractivity contribution >= 4 is 0 Å². The summed E-state index contributed by atoms with van der Waals surface area (Å²) >= 11 is 0. The van der Waals surface area contributed by atoms with Crippen LogP contribution in [-0.4, -0.2) is 29.0 Å². The number of rotatable bonds is 5. The Kier molecular flexibility index (Phi) is 4.33. The first-order valence-electron chi connectivity index (χ1n) is 5.47. The number of aliphatic hydroxyl groups excluding tert-OH is 1. The molecule has 2 N–H and O–H groups in total. The van der Waals surface area contributed by atoms with Gasteiger partial charge in [-0.3, -0.25) is 0 Å². The summed E-state index contributed by atoms with van der Waals surface area (Å²) in [4.78, 5) is 0. The van der Waals surface area contributed by atoms with Gasteiger partial charge in [0.1, 0.15) is 5.75 Å². The lowest BCUT2D eigenvalue weighted by atomic mass is 9.95. The van der Waals surface area contributed by atoms with Crippen molar-refractivity contribution in [3.8, 4) is 5.75 Å². The summed E-state index contributed by atoms with van der Waals surface area (Å²) in [7, 11) is 1.63. The van der Waals surface area contributed by atoms with E-state index < -0.39 is 11.7 Å². The average Bonchev–Trinajstić information content (AvgIpc) is 2.25. The Morgan fingerprint density at radius 3 is 2.25 bits per heavy atom. The van der Waals surface area contributed by atoms with Crippen LogP contribution in [0, 0.1) is 0 Å². The molecule has 0 heterocycles. The molecule has 16 heavy (non-hydrogen) atoms. The standard InChI is InChI=1S/C13H20O3/c1-13(2,15)12(14)9-6-10-4-7-11(16-3)8-5-10/h4-5,7-8,12,14-15H,6,9H2,1-3H3. The average molecular weight is 224 g/mol. The van der Waals surface area contributed by atoms with E-state index >= 15 is 0 Å². The van der Waals surface area contributed by atoms with Gasteiger partial charge in [0.25, 0.3) is 0 Å². The molecular formula is C13H20O3. The fourth-order valence-electron chi connectivity index (χ4n) is 1.45. The molecule has 0 saturated heterocycles. The second kappa shape index (κ2) is 5.32. The Hall–Kier alpha value is -1.06. The summed E-state index contributed by atoms with van der Waals surface area (Å²) in [5, 5.41) is 19.2. The number of methoxy groups -OCH3 is 1. The highest BCUT2D eigenvalue weighted by Gasteiger charge is 2.23. The van der Waals surface area contributed by atoms with E-state index in [9.17, 15) is 10.2 Å². The molecule has 1 atom stereocenters. The van der Waals surface area contributed by atoms with Crippen LogP contribution in [0.3, 0.4) is 0 Å². The molecule has 1 aromatic rings. The molecule has 3 nitrogen and oxygen atoms in total. The maximum atomic E-state index is 9.67. The molecule has 0 aliphatic carbocycles. The van der Waals surface area contributed by atoms with Gasteiger partial charge in [-0.15, -0.1) is 0 Å². The van der Waals surface area contributed by atoms with Gasteiger partial charge in [0.2, 0.25) is 0 Å². The van der Waals surface area contributed by atoms with E-state index in [-0.39, 0.29) is 0 Å². The largest absolute Gasteiger partial charge is 0.497 e. The minimum absolute atomic E-state index is 0.551. The highest BCUT2D eigenvalue weighted by atomic mass is 16.5. The van der Waals surface area contributed by atoms with Crippen LogP contribution in [-0.2, 0) is 6.42 Å². The summed E-state index contributed by atoms with van der Waals surface area (Å²) in [6, 6.07) is 7.73. The number of hydrogen-bond donors (Lipinski definition) is 2. The molecule has 1 unspecified atom stereocenters. The van der Waals surface area contributed by atoms with Crippen LogP contribution in [0.15, 0.2) is 24.3 Å². The zero-order valence-electron chi connectivity index (χ0n) is 10.1. The molecule has 0 radical (unpaired) electrons. The minimum Gasteiger partial charge on any atom is -0.497 e. The first kappa shape index (κ1) is 13.0. The van der Waals surface area contributed by atoms with Gasteiger partial charge in [-0.05, 0) is 44.4 Å². The molecule has 1 rings (SSSR count). The van der Waals surface area contributed by atoms with Crippen LogP contribution in [0.25, 0.3) is 0 Å². The lowest BCUT2D eigenvalue weighted by Crippen LogP contribution is -2.36. The summed E-state index contributed by atoms with van der Waals surface area (Å²) < 4.78 is 5.06. The first-order valence-corrected chi connectivity index (χ1v) is 5.47.